The molecule has 19 heavy (non-hydrogen) atoms. The van der Waals surface area contributed by atoms with E-state index in [1.807, 2.05) is 0 Å². The van der Waals surface area contributed by atoms with E-state index in [1.54, 1.807) is 0 Å². The summed E-state index contributed by atoms with van der Waals surface area (Å²) in [7, 11) is 0. The van der Waals surface area contributed by atoms with Gasteiger partial charge in [0.2, 0.25) is 11.8 Å². The van der Waals surface area contributed by atoms with Crippen LogP contribution in [0.4, 0.5) is 0 Å². The molecule has 1 atom stereocenters. The highest BCUT2D eigenvalue weighted by molar-refractivity contribution is 6.01. The highest BCUT2D eigenvalue weighted by Crippen LogP contribution is 2.27. The fourth-order valence-corrected chi connectivity index (χ4v) is 3.16. The molecule has 1 N–H and O–H groups in total. The third kappa shape index (κ3) is 3.15. The molecule has 106 valence electrons. The highest BCUT2D eigenvalue weighted by Gasteiger charge is 2.33. The van der Waals surface area contributed by atoms with Gasteiger partial charge in [-0.3, -0.25) is 19.4 Å². The standard InChI is InChI=1S/C14H23N3O2/c18-13-5-6-14(19)17(13)9-8-16(12-3-4-12)10-11-2-1-7-15-11/h11-12,15H,1-10H2. The van der Waals surface area contributed by atoms with Crippen molar-refractivity contribution in [2.45, 2.75) is 50.6 Å². The molecule has 0 radical (unpaired) electrons. The third-order valence-corrected chi connectivity index (χ3v) is 4.45. The van der Waals surface area contributed by atoms with Gasteiger partial charge in [-0.25, -0.2) is 0 Å². The molecule has 0 aromatic heterocycles. The highest BCUT2D eigenvalue weighted by atomic mass is 16.2. The van der Waals surface area contributed by atoms with E-state index in [0.717, 1.165) is 19.6 Å². The van der Waals surface area contributed by atoms with Gasteiger partial charge in [0.05, 0.1) is 0 Å². The molecule has 0 aromatic carbocycles. The van der Waals surface area contributed by atoms with Gasteiger partial charge in [0, 0.05) is 44.6 Å². The first kappa shape index (κ1) is 13.1. The van der Waals surface area contributed by atoms with Crippen molar-refractivity contribution in [3.63, 3.8) is 0 Å². The summed E-state index contributed by atoms with van der Waals surface area (Å²) < 4.78 is 0. The number of likely N-dealkylation sites (tertiary alicyclic amines) is 1. The maximum absolute atomic E-state index is 11.6. The summed E-state index contributed by atoms with van der Waals surface area (Å²) >= 11 is 0. The van der Waals surface area contributed by atoms with Crippen LogP contribution in [0, 0.1) is 0 Å². The van der Waals surface area contributed by atoms with Crippen LogP contribution < -0.4 is 5.32 Å². The van der Waals surface area contributed by atoms with Gasteiger partial charge >= 0.3 is 0 Å². The van der Waals surface area contributed by atoms with Gasteiger partial charge in [-0.15, -0.1) is 0 Å². The van der Waals surface area contributed by atoms with Crippen LogP contribution in [-0.4, -0.2) is 59.9 Å². The molecule has 0 spiro atoms. The first-order valence-electron chi connectivity index (χ1n) is 7.54. The van der Waals surface area contributed by atoms with Crippen LogP contribution in [0.2, 0.25) is 0 Å². The number of carbonyl (C=O) groups excluding carboxylic acids is 2. The molecule has 0 aromatic rings. The van der Waals surface area contributed by atoms with E-state index in [1.165, 1.54) is 30.6 Å². The molecule has 3 aliphatic rings. The molecule has 3 fully saturated rings. The Bertz CT molecular complexity index is 346. The predicted octanol–water partition coefficient (Wildman–Crippen LogP) is 0.352. The second kappa shape index (κ2) is 5.59. The van der Waals surface area contributed by atoms with Gasteiger partial charge in [-0.1, -0.05) is 0 Å². The van der Waals surface area contributed by atoms with Crippen molar-refractivity contribution in [1.82, 2.24) is 15.1 Å². The van der Waals surface area contributed by atoms with E-state index in [-0.39, 0.29) is 11.8 Å². The summed E-state index contributed by atoms with van der Waals surface area (Å²) in [5.74, 6) is 0.0273. The van der Waals surface area contributed by atoms with E-state index in [2.05, 4.69) is 10.2 Å². The van der Waals surface area contributed by atoms with E-state index >= 15 is 0 Å². The average Bonchev–Trinajstić information content (AvgIpc) is 3.03. The van der Waals surface area contributed by atoms with Crippen LogP contribution in [0.5, 0.6) is 0 Å². The Hall–Kier alpha value is -0.940. The van der Waals surface area contributed by atoms with Crippen LogP contribution >= 0.6 is 0 Å². The lowest BCUT2D eigenvalue weighted by atomic mass is 10.2. The molecule has 2 heterocycles. The topological polar surface area (TPSA) is 52.7 Å². The molecule has 5 nitrogen and oxygen atoms in total. The number of carbonyl (C=O) groups is 2. The Morgan fingerprint density at radius 3 is 2.47 bits per heavy atom. The second-order valence-corrected chi connectivity index (χ2v) is 5.96. The number of rotatable bonds is 6. The maximum atomic E-state index is 11.6. The first-order valence-corrected chi connectivity index (χ1v) is 7.54. The third-order valence-electron chi connectivity index (χ3n) is 4.45. The molecule has 1 unspecified atom stereocenters. The van der Waals surface area contributed by atoms with Gasteiger partial charge in [0.25, 0.3) is 0 Å². The first-order chi connectivity index (χ1) is 9.24. The zero-order chi connectivity index (χ0) is 13.2. The summed E-state index contributed by atoms with van der Waals surface area (Å²) in [6, 6.07) is 1.29. The average molecular weight is 265 g/mol. The minimum Gasteiger partial charge on any atom is -0.313 e. The normalized spacial score (nSPS) is 27.8. The summed E-state index contributed by atoms with van der Waals surface area (Å²) in [5.41, 5.74) is 0. The smallest absolute Gasteiger partial charge is 0.229 e. The minimum atomic E-state index is 0.0136. The van der Waals surface area contributed by atoms with Gasteiger partial charge in [0.15, 0.2) is 0 Å². The van der Waals surface area contributed by atoms with Gasteiger partial charge in [-0.05, 0) is 32.2 Å². The molecule has 2 aliphatic heterocycles. The lowest BCUT2D eigenvalue weighted by Crippen LogP contribution is -2.43. The van der Waals surface area contributed by atoms with Crippen molar-refractivity contribution >= 4 is 11.8 Å². The maximum Gasteiger partial charge on any atom is 0.229 e. The predicted molar refractivity (Wildman–Crippen MR) is 71.6 cm³/mol. The zero-order valence-electron chi connectivity index (χ0n) is 11.4. The summed E-state index contributed by atoms with van der Waals surface area (Å²) in [6.07, 6.45) is 5.89. The quantitative estimate of drug-likeness (QED) is 0.704. The number of hydrogen-bond acceptors (Lipinski definition) is 4. The summed E-state index contributed by atoms with van der Waals surface area (Å²) in [5, 5.41) is 3.53. The molecule has 2 amide bonds. The SMILES string of the molecule is O=C1CCC(=O)N1CCN(CC1CCCN1)C1CC1. The molecule has 3 rings (SSSR count). The monoisotopic (exact) mass is 265 g/mol. The van der Waals surface area contributed by atoms with Crippen molar-refractivity contribution in [1.29, 1.82) is 0 Å². The van der Waals surface area contributed by atoms with Crippen LogP contribution in [0.15, 0.2) is 0 Å². The molecular weight excluding hydrogens is 242 g/mol. The summed E-state index contributed by atoms with van der Waals surface area (Å²) in [6.45, 7) is 3.63. The lowest BCUT2D eigenvalue weighted by Gasteiger charge is -2.27. The van der Waals surface area contributed by atoms with Gasteiger partial charge < -0.3 is 5.32 Å². The molecule has 5 heteroatoms. The molecule has 2 saturated heterocycles. The molecule has 1 aliphatic carbocycles. The van der Waals surface area contributed by atoms with E-state index in [4.69, 9.17) is 0 Å². The van der Waals surface area contributed by atoms with Crippen molar-refractivity contribution in [3.05, 3.63) is 0 Å². The van der Waals surface area contributed by atoms with E-state index < -0.39 is 0 Å². The largest absolute Gasteiger partial charge is 0.313 e. The Morgan fingerprint density at radius 1 is 1.16 bits per heavy atom. The minimum absolute atomic E-state index is 0.0136. The molecule has 1 saturated carbocycles. The molecular formula is C14H23N3O2. The van der Waals surface area contributed by atoms with Crippen LogP contribution in [0.3, 0.4) is 0 Å². The van der Waals surface area contributed by atoms with Crippen molar-refractivity contribution in [2.75, 3.05) is 26.2 Å². The zero-order valence-corrected chi connectivity index (χ0v) is 11.4. The second-order valence-electron chi connectivity index (χ2n) is 5.96. The van der Waals surface area contributed by atoms with Crippen molar-refractivity contribution in [2.24, 2.45) is 0 Å². The number of nitrogens with zero attached hydrogens (tertiary/aromatic N) is 2. The van der Waals surface area contributed by atoms with Crippen LogP contribution in [0.25, 0.3) is 0 Å². The van der Waals surface area contributed by atoms with Crippen LogP contribution in [-0.2, 0) is 9.59 Å². The fourth-order valence-electron chi connectivity index (χ4n) is 3.16. The van der Waals surface area contributed by atoms with Gasteiger partial charge in [0.1, 0.15) is 0 Å². The van der Waals surface area contributed by atoms with Crippen molar-refractivity contribution < 1.29 is 9.59 Å². The van der Waals surface area contributed by atoms with Gasteiger partial charge in [-0.2, -0.15) is 0 Å². The Balaban J connectivity index is 1.50. The Morgan fingerprint density at radius 2 is 1.89 bits per heavy atom. The lowest BCUT2D eigenvalue weighted by molar-refractivity contribution is -0.138. The number of amides is 2. The Labute approximate surface area is 114 Å². The molecule has 0 bridgehead atoms. The fraction of sp³-hybridized carbons (Fsp3) is 0.857. The van der Waals surface area contributed by atoms with Crippen molar-refractivity contribution in [3.8, 4) is 0 Å². The number of imide groups is 1. The van der Waals surface area contributed by atoms with E-state index in [0.29, 0.717) is 31.5 Å². The van der Waals surface area contributed by atoms with E-state index in [9.17, 15) is 9.59 Å². The summed E-state index contributed by atoms with van der Waals surface area (Å²) in [4.78, 5) is 27.1. The number of nitrogens with one attached hydrogen (secondary N) is 1. The Kier molecular flexibility index (Phi) is 3.84. The number of hydrogen-bond donors (Lipinski definition) is 1. The van der Waals surface area contributed by atoms with Crippen LogP contribution in [0.1, 0.15) is 38.5 Å².